The van der Waals surface area contributed by atoms with Crippen LogP contribution in [-0.4, -0.2) is 12.7 Å². The lowest BCUT2D eigenvalue weighted by molar-refractivity contribution is -0.00111. The Morgan fingerprint density at radius 3 is 2.13 bits per heavy atom. The number of hydrogen-bond acceptors (Lipinski definition) is 1. The molecule has 2 aromatic carbocycles. The molecule has 4 rings (SSSR count). The van der Waals surface area contributed by atoms with Crippen LogP contribution in [0.1, 0.15) is 94.6 Å². The fourth-order valence-electron chi connectivity index (χ4n) is 5.54. The molecule has 1 saturated carbocycles. The van der Waals surface area contributed by atoms with Gasteiger partial charge in [-0.15, -0.1) is 0 Å². The minimum absolute atomic E-state index is 0.150. The first-order valence-electron chi connectivity index (χ1n) is 12.3. The van der Waals surface area contributed by atoms with Crippen LogP contribution in [0.3, 0.4) is 0 Å². The first-order chi connectivity index (χ1) is 15.1. The molecule has 0 radical (unpaired) electrons. The van der Waals surface area contributed by atoms with Crippen molar-refractivity contribution in [3.63, 3.8) is 0 Å². The molecule has 1 aliphatic heterocycles. The highest BCUT2D eigenvalue weighted by atomic mass is 19.2. The third-order valence-electron chi connectivity index (χ3n) is 7.65. The standard InChI is InChI=1S/C28H36F2O/c1-3-5-24-15-14-23(18-31-24)20-10-12-22(13-11-20)26-17-16-25(27(29)28(26)30)21-8-6-19(4-2)7-9-21/h10-13,16-17,19,21,23-24H,3-9,14-15,18H2,1-2H3. The summed E-state index contributed by atoms with van der Waals surface area (Å²) in [4.78, 5) is 0. The average Bonchev–Trinajstić information content (AvgIpc) is 2.82. The summed E-state index contributed by atoms with van der Waals surface area (Å²) in [6.07, 6.45) is 10.3. The molecule has 0 bridgehead atoms. The molecule has 0 amide bonds. The molecule has 2 atom stereocenters. The van der Waals surface area contributed by atoms with Crippen molar-refractivity contribution in [2.24, 2.45) is 5.92 Å². The van der Waals surface area contributed by atoms with Crippen LogP contribution in [0.15, 0.2) is 36.4 Å². The molecule has 2 fully saturated rings. The van der Waals surface area contributed by atoms with Crippen molar-refractivity contribution >= 4 is 0 Å². The van der Waals surface area contributed by atoms with E-state index in [2.05, 4.69) is 26.0 Å². The quantitative estimate of drug-likeness (QED) is 0.451. The van der Waals surface area contributed by atoms with Crippen molar-refractivity contribution in [3.05, 3.63) is 59.2 Å². The number of rotatable bonds is 6. The van der Waals surface area contributed by atoms with Gasteiger partial charge in [0.15, 0.2) is 11.6 Å². The number of ether oxygens (including phenoxy) is 1. The van der Waals surface area contributed by atoms with Gasteiger partial charge in [0, 0.05) is 11.5 Å². The molecule has 0 aromatic heterocycles. The van der Waals surface area contributed by atoms with E-state index in [9.17, 15) is 4.39 Å². The molecule has 0 spiro atoms. The smallest absolute Gasteiger partial charge is 0.166 e. The van der Waals surface area contributed by atoms with E-state index >= 15 is 4.39 Å². The molecule has 1 nitrogen and oxygen atoms in total. The third-order valence-corrected chi connectivity index (χ3v) is 7.65. The second-order valence-corrected chi connectivity index (χ2v) is 9.60. The monoisotopic (exact) mass is 426 g/mol. The molecule has 0 N–H and O–H groups in total. The Morgan fingerprint density at radius 2 is 1.52 bits per heavy atom. The van der Waals surface area contributed by atoms with E-state index in [0.29, 0.717) is 23.1 Å². The van der Waals surface area contributed by atoms with Crippen molar-refractivity contribution in [1.29, 1.82) is 0 Å². The molecule has 3 heteroatoms. The van der Waals surface area contributed by atoms with Gasteiger partial charge < -0.3 is 4.74 Å². The lowest BCUT2D eigenvalue weighted by atomic mass is 9.77. The molecular formula is C28H36F2O. The molecule has 2 aromatic rings. The number of benzene rings is 2. The highest BCUT2D eigenvalue weighted by Crippen LogP contribution is 2.40. The Bertz CT molecular complexity index is 844. The normalized spacial score (nSPS) is 26.7. The van der Waals surface area contributed by atoms with Gasteiger partial charge in [0.05, 0.1) is 12.7 Å². The molecule has 1 saturated heterocycles. The van der Waals surface area contributed by atoms with Gasteiger partial charge in [-0.1, -0.05) is 63.1 Å². The predicted molar refractivity (Wildman–Crippen MR) is 123 cm³/mol. The maximum atomic E-state index is 15.0. The molecular weight excluding hydrogens is 390 g/mol. The zero-order chi connectivity index (χ0) is 21.8. The van der Waals surface area contributed by atoms with Crippen molar-refractivity contribution in [3.8, 4) is 11.1 Å². The molecule has 1 aliphatic carbocycles. The Morgan fingerprint density at radius 1 is 0.806 bits per heavy atom. The number of hydrogen-bond donors (Lipinski definition) is 0. The van der Waals surface area contributed by atoms with Crippen molar-refractivity contribution in [2.75, 3.05) is 6.61 Å². The second-order valence-electron chi connectivity index (χ2n) is 9.60. The van der Waals surface area contributed by atoms with Gasteiger partial charge in [0.1, 0.15) is 0 Å². The highest BCUT2D eigenvalue weighted by molar-refractivity contribution is 5.65. The molecule has 1 heterocycles. The van der Waals surface area contributed by atoms with Crippen LogP contribution in [0.2, 0.25) is 0 Å². The zero-order valence-electron chi connectivity index (χ0n) is 19.0. The summed E-state index contributed by atoms with van der Waals surface area (Å²) in [6.45, 7) is 5.16. The van der Waals surface area contributed by atoms with E-state index in [-0.39, 0.29) is 5.92 Å². The van der Waals surface area contributed by atoms with Gasteiger partial charge in [-0.25, -0.2) is 8.78 Å². The van der Waals surface area contributed by atoms with Gasteiger partial charge in [-0.3, -0.25) is 0 Å². The third kappa shape index (κ3) is 5.03. The Kier molecular flexibility index (Phi) is 7.43. The van der Waals surface area contributed by atoms with Crippen LogP contribution in [0.5, 0.6) is 0 Å². The molecule has 2 aliphatic rings. The van der Waals surface area contributed by atoms with Gasteiger partial charge >= 0.3 is 0 Å². The first kappa shape index (κ1) is 22.5. The summed E-state index contributed by atoms with van der Waals surface area (Å²) < 4.78 is 36.0. The molecule has 31 heavy (non-hydrogen) atoms. The summed E-state index contributed by atoms with van der Waals surface area (Å²) in [5.41, 5.74) is 2.89. The zero-order valence-corrected chi connectivity index (χ0v) is 19.0. The van der Waals surface area contributed by atoms with Crippen molar-refractivity contribution < 1.29 is 13.5 Å². The number of halogens is 2. The summed E-state index contributed by atoms with van der Waals surface area (Å²) >= 11 is 0. The lowest BCUT2D eigenvalue weighted by Gasteiger charge is -2.29. The van der Waals surface area contributed by atoms with Crippen LogP contribution in [0.4, 0.5) is 8.78 Å². The Hall–Kier alpha value is -1.74. The first-order valence-corrected chi connectivity index (χ1v) is 12.3. The van der Waals surface area contributed by atoms with Gasteiger partial charge in [-0.05, 0) is 73.5 Å². The second kappa shape index (κ2) is 10.3. The SMILES string of the molecule is CCCC1CCC(c2ccc(-c3ccc(C4CCC(CC)CC4)c(F)c3F)cc2)CO1. The van der Waals surface area contributed by atoms with Crippen LogP contribution < -0.4 is 0 Å². The van der Waals surface area contributed by atoms with E-state index in [1.165, 1.54) is 12.0 Å². The summed E-state index contributed by atoms with van der Waals surface area (Å²) in [7, 11) is 0. The fraction of sp³-hybridized carbons (Fsp3) is 0.571. The van der Waals surface area contributed by atoms with Crippen LogP contribution in [0.25, 0.3) is 11.1 Å². The van der Waals surface area contributed by atoms with E-state index < -0.39 is 11.6 Å². The van der Waals surface area contributed by atoms with Crippen LogP contribution in [-0.2, 0) is 4.74 Å². The summed E-state index contributed by atoms with van der Waals surface area (Å²) in [5, 5.41) is 0. The van der Waals surface area contributed by atoms with Crippen LogP contribution >= 0.6 is 0 Å². The van der Waals surface area contributed by atoms with Gasteiger partial charge in [-0.2, -0.15) is 0 Å². The van der Waals surface area contributed by atoms with Crippen molar-refractivity contribution in [2.45, 2.75) is 89.6 Å². The van der Waals surface area contributed by atoms with E-state index in [4.69, 9.17) is 4.74 Å². The van der Waals surface area contributed by atoms with E-state index in [0.717, 1.165) is 69.5 Å². The molecule has 168 valence electrons. The topological polar surface area (TPSA) is 9.23 Å². The van der Waals surface area contributed by atoms with Crippen LogP contribution in [0, 0.1) is 17.6 Å². The summed E-state index contributed by atoms with van der Waals surface area (Å²) in [5.74, 6) is -0.0644. The predicted octanol–water partition coefficient (Wildman–Crippen LogP) is 8.38. The Labute approximate surface area is 186 Å². The van der Waals surface area contributed by atoms with Crippen molar-refractivity contribution in [1.82, 2.24) is 0 Å². The maximum absolute atomic E-state index is 15.0. The van der Waals surface area contributed by atoms with Gasteiger partial charge in [0.25, 0.3) is 0 Å². The van der Waals surface area contributed by atoms with E-state index in [1.807, 2.05) is 18.2 Å². The van der Waals surface area contributed by atoms with E-state index in [1.54, 1.807) is 6.07 Å². The minimum Gasteiger partial charge on any atom is -0.378 e. The lowest BCUT2D eigenvalue weighted by Crippen LogP contribution is -2.24. The summed E-state index contributed by atoms with van der Waals surface area (Å²) in [6, 6.07) is 11.6. The van der Waals surface area contributed by atoms with Gasteiger partial charge in [0.2, 0.25) is 0 Å². The molecule has 2 unspecified atom stereocenters. The minimum atomic E-state index is -0.703. The fourth-order valence-corrected chi connectivity index (χ4v) is 5.54. The maximum Gasteiger partial charge on any atom is 0.166 e. The largest absolute Gasteiger partial charge is 0.378 e. The average molecular weight is 427 g/mol. The Balaban J connectivity index is 1.45. The highest BCUT2D eigenvalue weighted by Gasteiger charge is 2.26.